The molecule has 0 aliphatic carbocycles. The number of esters is 2. The van der Waals surface area contributed by atoms with Gasteiger partial charge in [-0.05, 0) is 135 Å². The van der Waals surface area contributed by atoms with Crippen LogP contribution < -0.4 is 37.0 Å². The Morgan fingerprint density at radius 2 is 0.956 bits per heavy atom. The number of alkyl halides is 3. The number of pyridine rings is 11. The van der Waals surface area contributed by atoms with E-state index in [0.717, 1.165) is 93.1 Å². The summed E-state index contributed by atoms with van der Waals surface area (Å²) in [6.45, 7) is 6.78. The number of carbonyl (C=O) groups is 2. The molecule has 1 aliphatic rings. The Kier molecular flexibility index (Phi) is 40.5. The Balaban J connectivity index is 0.000000162. The highest BCUT2D eigenvalue weighted by Crippen LogP contribution is 2.40. The Hall–Kier alpha value is -12.1. The quantitative estimate of drug-likeness (QED) is 0.00953. The molecular formula is C98H84BBrCl5F3N12O11S4. The first-order valence-corrected chi connectivity index (χ1v) is 46.8. The van der Waals surface area contributed by atoms with Crippen LogP contribution in [0.25, 0.3) is 65.6 Å². The molecule has 12 heterocycles. The van der Waals surface area contributed by atoms with Crippen molar-refractivity contribution in [3.05, 3.63) is 392 Å². The average Bonchev–Trinajstić information content (AvgIpc) is 0.774. The van der Waals surface area contributed by atoms with E-state index in [1.54, 1.807) is 109 Å². The highest BCUT2D eigenvalue weighted by Gasteiger charge is 2.38. The Bertz CT molecular complexity index is 7040. The summed E-state index contributed by atoms with van der Waals surface area (Å²) >= 11 is 40.6. The summed E-state index contributed by atoms with van der Waals surface area (Å²) in [5.74, 6) is 1.71. The summed E-state index contributed by atoms with van der Waals surface area (Å²) < 4.78 is 60.1. The number of nitrogens with one attached hydrogen (secondary N) is 3. The van der Waals surface area contributed by atoms with E-state index in [2.05, 4.69) is 144 Å². The van der Waals surface area contributed by atoms with Gasteiger partial charge in [-0.15, -0.1) is 35.3 Å². The molecule has 1 aliphatic heterocycles. The number of hydrogen-bond donors (Lipinski definition) is 7. The lowest BCUT2D eigenvalue weighted by atomic mass is 9.79. The molecule has 1 saturated heterocycles. The van der Waals surface area contributed by atoms with Crippen LogP contribution in [-0.4, -0.2) is 104 Å². The zero-order chi connectivity index (χ0) is 97.1. The van der Waals surface area contributed by atoms with E-state index in [1.165, 1.54) is 105 Å². The molecule has 0 saturated carbocycles. The molecule has 17 aromatic rings. The standard InChI is InChI=1S/C23H17F3N2OS.C15H11BrN2S.C15H12N2OS.C9H12O4.C8H11BO3.C8H4Cl2N2O.C8H5ClN2O.C7H8S.C5H4Cl2N2/c1-29-21-11-16(23(24,25)26)7-8-18(21)17-9-10-27-20-12-22(28-13-19(17)20)30-14-15-5-3-2-4-6-15;16-13-6-7-17-14-8-15(18-9-12(13)14)19-10-11-4-2-1-3-5-11;18-14-6-7-16-13-8-15(17-9-12(13)14)19-10-11-4-2-1-3-5-11;1-4-5-6-7(10)12-9(2,3)13-8(6)11;1-6-3-4-7(9(10)11)8(5-6)12-2;9-6-3-4-7(8(10)12-6)5(13)1-2-11-4;9-8-3-6-5(4-11-8)7(12)1-2-10-6;8-6-7-4-2-1-3-5-7;6-4-1-3(8)2-5(7)9-4/h2-13H,14H2,1H3;1-9H,10H2;1-9H,10H2,(H,16,18);5H,4H2,1-3H3;3-5,10-11H,1-2H3;1-3H,(H,11,13);1-4H,(H,10,12);1-5,8H,6H2;1-2H,(H2,8,9). The van der Waals surface area contributed by atoms with Crippen LogP contribution in [0.2, 0.25) is 25.8 Å². The van der Waals surface area contributed by atoms with Crippen molar-refractivity contribution in [3.8, 4) is 22.6 Å². The number of thiol groups is 1. The average molecular weight is 2060 g/mol. The number of aromatic nitrogens is 11. The second-order valence-corrected chi connectivity index (χ2v) is 34.8. The number of aryl methyl sites for hydroxylation is 1. The number of carbonyl (C=O) groups excluding carboxylic acids is 2. The highest BCUT2D eigenvalue weighted by atomic mass is 79.9. The van der Waals surface area contributed by atoms with Gasteiger partial charge in [0.1, 0.15) is 42.8 Å². The number of nitrogens with two attached hydrogens (primary N) is 1. The fourth-order valence-corrected chi connectivity index (χ4v) is 16.4. The number of halogens is 9. The van der Waals surface area contributed by atoms with Gasteiger partial charge in [0.05, 0.1) is 78.6 Å². The Morgan fingerprint density at radius 1 is 0.504 bits per heavy atom. The van der Waals surface area contributed by atoms with E-state index < -0.39 is 36.6 Å². The predicted molar refractivity (Wildman–Crippen MR) is 544 cm³/mol. The molecule has 0 radical (unpaired) electrons. The summed E-state index contributed by atoms with van der Waals surface area (Å²) in [6, 6.07) is 69.8. The minimum absolute atomic E-state index is 0.000796. The number of allylic oxidation sites excluding steroid dienone is 1. The van der Waals surface area contributed by atoms with Crippen LogP contribution in [-0.2, 0) is 48.3 Å². The fraction of sp³-hybridized carbons (Fsp3) is 0.133. The number of anilines is 1. The number of H-pyrrole nitrogens is 3. The maximum Gasteiger partial charge on any atom is 0.492 e. The zero-order valence-corrected chi connectivity index (χ0v) is 81.3. The van der Waals surface area contributed by atoms with Gasteiger partial charge in [-0.3, -0.25) is 24.4 Å². The summed E-state index contributed by atoms with van der Waals surface area (Å²) in [4.78, 5) is 98.8. The number of ether oxygens (including phenoxy) is 4. The van der Waals surface area contributed by atoms with Gasteiger partial charge in [0, 0.05) is 143 Å². The third-order valence-electron chi connectivity index (χ3n) is 18.6. The lowest BCUT2D eigenvalue weighted by Crippen LogP contribution is -2.41. The molecule has 692 valence electrons. The van der Waals surface area contributed by atoms with Crippen LogP contribution in [0.15, 0.2) is 332 Å². The van der Waals surface area contributed by atoms with Crippen molar-refractivity contribution in [1.82, 2.24) is 54.8 Å². The third kappa shape index (κ3) is 32.6. The van der Waals surface area contributed by atoms with Crippen molar-refractivity contribution in [2.75, 3.05) is 20.0 Å². The summed E-state index contributed by atoms with van der Waals surface area (Å²) in [6.07, 6.45) is 12.6. The molecule has 0 spiro atoms. The second kappa shape index (κ2) is 52.1. The number of fused-ring (bicyclic) bond motifs is 5. The van der Waals surface area contributed by atoms with Gasteiger partial charge in [0.2, 0.25) is 0 Å². The molecule has 7 N–H and O–H groups in total. The van der Waals surface area contributed by atoms with Crippen LogP contribution in [0.1, 0.15) is 60.6 Å². The lowest BCUT2D eigenvalue weighted by molar-refractivity contribution is -0.222. The molecular weight excluding hydrogens is 1970 g/mol. The van der Waals surface area contributed by atoms with Crippen LogP contribution >= 0.6 is 122 Å². The Morgan fingerprint density at radius 3 is 1.44 bits per heavy atom. The number of benzene rings is 6. The fourth-order valence-electron chi connectivity index (χ4n) is 12.1. The van der Waals surface area contributed by atoms with Gasteiger partial charge in [0.25, 0.3) is 5.79 Å². The number of hydrogen-bond acceptors (Lipinski definition) is 24. The molecule has 37 heteroatoms. The first-order chi connectivity index (χ1) is 64.8. The zero-order valence-electron chi connectivity index (χ0n) is 72.6. The van der Waals surface area contributed by atoms with Gasteiger partial charge in [-0.2, -0.15) is 25.8 Å². The number of nitrogen functional groups attached to an aromatic ring is 1. The van der Waals surface area contributed by atoms with Crippen molar-refractivity contribution in [2.45, 2.75) is 84.2 Å². The van der Waals surface area contributed by atoms with E-state index in [-0.39, 0.29) is 37.9 Å². The molecule has 0 atom stereocenters. The third-order valence-corrected chi connectivity index (χ3v) is 23.7. The van der Waals surface area contributed by atoms with E-state index in [9.17, 15) is 37.1 Å². The van der Waals surface area contributed by atoms with Gasteiger partial charge in [-0.25, -0.2) is 39.5 Å². The molecule has 0 amide bonds. The van der Waals surface area contributed by atoms with Crippen molar-refractivity contribution in [3.63, 3.8) is 0 Å². The first kappa shape index (κ1) is 105. The largest absolute Gasteiger partial charge is 0.497 e. The molecule has 6 aromatic carbocycles. The van der Waals surface area contributed by atoms with Crippen molar-refractivity contribution < 1.29 is 51.8 Å². The number of methoxy groups -OCH3 is 2. The molecule has 18 rings (SSSR count). The van der Waals surface area contributed by atoms with E-state index in [1.807, 2.05) is 105 Å². The monoisotopic (exact) mass is 2050 g/mol. The van der Waals surface area contributed by atoms with Crippen LogP contribution in [0.5, 0.6) is 11.5 Å². The number of aromatic amines is 3. The number of rotatable bonds is 15. The minimum Gasteiger partial charge on any atom is -0.497 e. The molecule has 135 heavy (non-hydrogen) atoms. The predicted octanol–water partition coefficient (Wildman–Crippen LogP) is 23.3. The number of nitrogens with zero attached hydrogens (tertiary/aromatic N) is 8. The lowest BCUT2D eigenvalue weighted by Gasteiger charge is -2.29. The van der Waals surface area contributed by atoms with Gasteiger partial charge in [-0.1, -0.05) is 211 Å². The SMILES string of the molecule is Brc1ccnc2cc(SCc3ccccc3)ncc12.CCC=C1C(=O)OC(C)(C)OC1=O.COc1cc(C(F)(F)F)ccc1-c1ccnc2cc(SCc3ccccc3)ncc12.COc1cc(C)ccc1B(O)O.Nc1cc(Cl)nc(Cl)c1.O=c1cc[nH]c2cc(Cl)nc(Cl)c12.O=c1cc[nH]c2cc(Cl)ncc12.O=c1cc[nH]c2cc(SCc3ccccc3)ncc12.SCc1ccccc1. The van der Waals surface area contributed by atoms with E-state index in [4.69, 9.17) is 92.7 Å². The van der Waals surface area contributed by atoms with Crippen LogP contribution in [0, 0.1) is 6.92 Å². The summed E-state index contributed by atoms with van der Waals surface area (Å²) in [7, 11) is 1.39. The highest BCUT2D eigenvalue weighted by molar-refractivity contribution is 9.10. The van der Waals surface area contributed by atoms with Gasteiger partial charge >= 0.3 is 25.2 Å². The van der Waals surface area contributed by atoms with Crippen molar-refractivity contribution in [2.24, 2.45) is 0 Å². The summed E-state index contributed by atoms with van der Waals surface area (Å²) in [5, 5.41) is 25.3. The maximum atomic E-state index is 13.1. The van der Waals surface area contributed by atoms with E-state index in [0.29, 0.717) is 71.5 Å². The number of thioether (sulfide) groups is 3. The van der Waals surface area contributed by atoms with Crippen LogP contribution in [0.3, 0.4) is 0 Å². The van der Waals surface area contributed by atoms with Crippen LogP contribution in [0.4, 0.5) is 18.9 Å². The first-order valence-electron chi connectivity index (χ1n) is 40.5. The molecule has 0 unspecified atom stereocenters. The normalized spacial score (nSPS) is 11.6. The molecule has 11 aromatic heterocycles. The molecule has 23 nitrogen and oxygen atoms in total. The topological polar surface area (TPSA) is 339 Å². The molecule has 0 bridgehead atoms. The number of cyclic esters (lactones) is 2. The van der Waals surface area contributed by atoms with E-state index >= 15 is 0 Å². The Labute approximate surface area is 825 Å². The van der Waals surface area contributed by atoms with Gasteiger partial charge < -0.3 is 49.7 Å². The smallest absolute Gasteiger partial charge is 0.492 e. The summed E-state index contributed by atoms with van der Waals surface area (Å²) in [5.41, 5.74) is 16.5. The van der Waals surface area contributed by atoms with Crippen molar-refractivity contribution in [1.29, 1.82) is 0 Å². The van der Waals surface area contributed by atoms with Crippen molar-refractivity contribution >= 4 is 207 Å². The second-order valence-electron chi connectivity index (χ2n) is 28.8. The minimum atomic E-state index is -4.43. The molecule has 1 fully saturated rings. The van der Waals surface area contributed by atoms with Gasteiger partial charge in [0.15, 0.2) is 16.3 Å². The maximum absolute atomic E-state index is 13.1.